The van der Waals surface area contributed by atoms with Crippen LogP contribution in [0.1, 0.15) is 0 Å². The molecule has 0 spiro atoms. The number of nitrogens with zero attached hydrogens (tertiary/aromatic N) is 2. The van der Waals surface area contributed by atoms with Crippen LogP contribution in [0.5, 0.6) is 0 Å². The van der Waals surface area contributed by atoms with E-state index < -0.39 is 7.12 Å². The Hall–Kier alpha value is -0.945. The van der Waals surface area contributed by atoms with Crippen LogP contribution < -0.4 is 5.46 Å². The van der Waals surface area contributed by atoms with E-state index in [-0.39, 0.29) is 0 Å². The van der Waals surface area contributed by atoms with Crippen LogP contribution in [-0.4, -0.2) is 55.1 Å². The highest BCUT2D eigenvalue weighted by molar-refractivity contribution is 6.59. The summed E-state index contributed by atoms with van der Waals surface area (Å²) in [5, 5.41) is 9.73. The van der Waals surface area contributed by atoms with Crippen molar-refractivity contribution in [3.63, 3.8) is 0 Å². The number of hydrogen-bond acceptors (Lipinski definition) is 5. The van der Waals surface area contributed by atoms with Gasteiger partial charge in [-0.05, 0) is 6.07 Å². The van der Waals surface area contributed by atoms with Gasteiger partial charge in [-0.25, -0.2) is 0 Å². The molecule has 2 rings (SSSR count). The number of pyridine rings is 1. The van der Waals surface area contributed by atoms with Crippen LogP contribution in [-0.2, 0) is 9.39 Å². The van der Waals surface area contributed by atoms with Gasteiger partial charge in [-0.3, -0.25) is 9.88 Å². The highest BCUT2D eigenvalue weighted by Crippen LogP contribution is 1.97. The summed E-state index contributed by atoms with van der Waals surface area (Å²) in [6.45, 7) is 3.57. The minimum Gasteiger partial charge on any atom is -0.423 e. The molecule has 86 valence electrons. The smallest absolute Gasteiger partial charge is 0.423 e. The Morgan fingerprint density at radius 1 is 1.50 bits per heavy atom. The lowest BCUT2D eigenvalue weighted by Gasteiger charge is -2.26. The molecule has 1 aromatic heterocycles. The summed E-state index contributed by atoms with van der Waals surface area (Å²) >= 11 is 0. The molecule has 6 heteroatoms. The maximum atomic E-state index is 9.73. The van der Waals surface area contributed by atoms with Crippen molar-refractivity contribution in [3.05, 3.63) is 24.5 Å². The van der Waals surface area contributed by atoms with Crippen LogP contribution in [0.25, 0.3) is 0 Å². The Balaban J connectivity index is 1.77. The van der Waals surface area contributed by atoms with Crippen molar-refractivity contribution in [3.8, 4) is 0 Å². The van der Waals surface area contributed by atoms with Crippen molar-refractivity contribution < 1.29 is 14.4 Å². The van der Waals surface area contributed by atoms with Gasteiger partial charge in [0.25, 0.3) is 0 Å². The summed E-state index contributed by atoms with van der Waals surface area (Å²) in [5.74, 6) is 0. The summed E-state index contributed by atoms with van der Waals surface area (Å²) < 4.78 is 10.6. The molecule has 1 saturated heterocycles. The normalized spacial score (nSPS) is 17.3. The van der Waals surface area contributed by atoms with Crippen molar-refractivity contribution >= 4 is 12.6 Å². The zero-order valence-corrected chi connectivity index (χ0v) is 9.08. The van der Waals surface area contributed by atoms with Gasteiger partial charge < -0.3 is 14.4 Å². The average Bonchev–Trinajstić information content (AvgIpc) is 2.38. The average molecular weight is 222 g/mol. The van der Waals surface area contributed by atoms with E-state index in [1.807, 2.05) is 0 Å². The molecule has 0 radical (unpaired) electrons. The Morgan fingerprint density at radius 3 is 3.00 bits per heavy atom. The van der Waals surface area contributed by atoms with E-state index in [1.165, 1.54) is 0 Å². The summed E-state index contributed by atoms with van der Waals surface area (Å²) in [6.07, 6.45) is 3.27. The number of rotatable bonds is 4. The van der Waals surface area contributed by atoms with Crippen LogP contribution in [0, 0.1) is 0 Å². The van der Waals surface area contributed by atoms with Gasteiger partial charge >= 0.3 is 7.12 Å². The van der Waals surface area contributed by atoms with Crippen molar-refractivity contribution in [2.24, 2.45) is 0 Å². The van der Waals surface area contributed by atoms with Crippen LogP contribution in [0.4, 0.5) is 0 Å². The monoisotopic (exact) mass is 222 g/mol. The van der Waals surface area contributed by atoms with Gasteiger partial charge in [0.1, 0.15) is 0 Å². The molecule has 5 nitrogen and oxygen atoms in total. The number of aromatic nitrogens is 1. The van der Waals surface area contributed by atoms with Crippen LogP contribution in [0.3, 0.4) is 0 Å². The van der Waals surface area contributed by atoms with Crippen molar-refractivity contribution in [1.29, 1.82) is 0 Å². The fraction of sp³-hybridized carbons (Fsp3) is 0.500. The molecule has 0 atom stereocenters. The van der Waals surface area contributed by atoms with E-state index in [0.29, 0.717) is 12.2 Å². The van der Waals surface area contributed by atoms with E-state index in [0.717, 1.165) is 26.3 Å². The second kappa shape index (κ2) is 5.96. The molecule has 0 amide bonds. The zero-order valence-electron chi connectivity index (χ0n) is 9.08. The van der Waals surface area contributed by atoms with E-state index >= 15 is 0 Å². The van der Waals surface area contributed by atoms with Crippen LogP contribution in [0.15, 0.2) is 24.5 Å². The molecule has 1 N–H and O–H groups in total. The van der Waals surface area contributed by atoms with Crippen molar-refractivity contribution in [2.75, 3.05) is 33.0 Å². The van der Waals surface area contributed by atoms with Crippen molar-refractivity contribution in [1.82, 2.24) is 9.88 Å². The molecule has 2 heterocycles. The first-order valence-electron chi connectivity index (χ1n) is 5.36. The van der Waals surface area contributed by atoms with Gasteiger partial charge in [0.05, 0.1) is 19.9 Å². The molecule has 1 fully saturated rings. The minimum absolute atomic E-state index is 0.416. The maximum Gasteiger partial charge on any atom is 0.493 e. The van der Waals surface area contributed by atoms with Gasteiger partial charge in [0, 0.05) is 30.9 Å². The molecule has 16 heavy (non-hydrogen) atoms. The standard InChI is InChI=1S/C10H15BN2O3/c14-11(10-2-1-3-12-8-10)16-9-13-4-6-15-7-5-13/h1-3,8,14H,4-7,9H2. The first-order chi connectivity index (χ1) is 7.86. The quantitative estimate of drug-likeness (QED) is 0.667. The lowest BCUT2D eigenvalue weighted by Crippen LogP contribution is -2.42. The molecule has 1 aliphatic heterocycles. The summed E-state index contributed by atoms with van der Waals surface area (Å²) in [5.41, 5.74) is 0.677. The molecule has 0 bridgehead atoms. The van der Waals surface area contributed by atoms with E-state index in [1.54, 1.807) is 24.5 Å². The van der Waals surface area contributed by atoms with Gasteiger partial charge in [0.2, 0.25) is 0 Å². The summed E-state index contributed by atoms with van der Waals surface area (Å²) in [6, 6.07) is 3.56. The number of morpholine rings is 1. The SMILES string of the molecule is OB(OCN1CCOCC1)c1cccnc1. The van der Waals surface area contributed by atoms with E-state index in [9.17, 15) is 5.02 Å². The lowest BCUT2D eigenvalue weighted by atomic mass is 9.81. The first-order valence-corrected chi connectivity index (χ1v) is 5.36. The highest BCUT2D eigenvalue weighted by Gasteiger charge is 2.18. The molecule has 0 aromatic carbocycles. The van der Waals surface area contributed by atoms with Crippen LogP contribution >= 0.6 is 0 Å². The lowest BCUT2D eigenvalue weighted by molar-refractivity contribution is 0.0000422. The third-order valence-corrected chi connectivity index (χ3v) is 2.49. The van der Waals surface area contributed by atoms with Gasteiger partial charge in [-0.15, -0.1) is 0 Å². The van der Waals surface area contributed by atoms with Gasteiger partial charge in [0.15, 0.2) is 0 Å². The van der Waals surface area contributed by atoms with Crippen molar-refractivity contribution in [2.45, 2.75) is 0 Å². The largest absolute Gasteiger partial charge is 0.493 e. The fourth-order valence-electron chi connectivity index (χ4n) is 1.52. The molecule has 0 aliphatic carbocycles. The van der Waals surface area contributed by atoms with E-state index in [4.69, 9.17) is 9.39 Å². The maximum absolute atomic E-state index is 9.73. The fourth-order valence-corrected chi connectivity index (χ4v) is 1.52. The molecule has 0 unspecified atom stereocenters. The predicted molar refractivity (Wildman–Crippen MR) is 60.2 cm³/mol. The Morgan fingerprint density at radius 2 is 2.31 bits per heavy atom. The zero-order chi connectivity index (χ0) is 11.2. The molecular formula is C10H15BN2O3. The summed E-state index contributed by atoms with van der Waals surface area (Å²) in [4.78, 5) is 6.03. The molecule has 0 saturated carbocycles. The topological polar surface area (TPSA) is 54.8 Å². The second-order valence-electron chi connectivity index (χ2n) is 3.66. The number of ether oxygens (including phenoxy) is 1. The Bertz CT molecular complexity index is 306. The Kier molecular flexibility index (Phi) is 4.29. The summed E-state index contributed by atoms with van der Waals surface area (Å²) in [7, 11) is -0.906. The third-order valence-electron chi connectivity index (χ3n) is 2.49. The number of hydrogen-bond donors (Lipinski definition) is 1. The predicted octanol–water partition coefficient (Wildman–Crippen LogP) is -0.925. The van der Waals surface area contributed by atoms with Gasteiger partial charge in [-0.1, -0.05) is 6.07 Å². The highest BCUT2D eigenvalue weighted by atomic mass is 16.5. The third kappa shape index (κ3) is 3.28. The first kappa shape index (κ1) is 11.5. The molecule has 1 aromatic rings. The molecule has 1 aliphatic rings. The van der Waals surface area contributed by atoms with Gasteiger partial charge in [-0.2, -0.15) is 0 Å². The van der Waals surface area contributed by atoms with Crippen LogP contribution in [0.2, 0.25) is 0 Å². The molecular weight excluding hydrogens is 207 g/mol. The second-order valence-corrected chi connectivity index (χ2v) is 3.66. The van der Waals surface area contributed by atoms with E-state index in [2.05, 4.69) is 9.88 Å². The minimum atomic E-state index is -0.906. The Labute approximate surface area is 95.1 Å².